The highest BCUT2D eigenvalue weighted by Crippen LogP contribution is 2.44. The molecule has 0 saturated carbocycles. The molecule has 2 unspecified atom stereocenters. The first-order chi connectivity index (χ1) is 16.0. The molecule has 0 radical (unpaired) electrons. The van der Waals surface area contributed by atoms with Crippen LogP contribution in [0.25, 0.3) is 11.1 Å². The monoisotopic (exact) mass is 478 g/mol. The Bertz CT molecular complexity index is 1030. The van der Waals surface area contributed by atoms with Gasteiger partial charge in [0.15, 0.2) is 0 Å². The molecule has 182 valence electrons. The van der Waals surface area contributed by atoms with E-state index in [9.17, 15) is 27.6 Å². The number of carbonyl (C=O) groups excluding carboxylic acids is 2. The summed E-state index contributed by atoms with van der Waals surface area (Å²) in [5.74, 6) is -3.40. The highest BCUT2D eigenvalue weighted by atomic mass is 19.4. The van der Waals surface area contributed by atoms with Gasteiger partial charge in [-0.1, -0.05) is 55.5 Å². The van der Waals surface area contributed by atoms with Gasteiger partial charge in [0.25, 0.3) is 0 Å². The first-order valence-corrected chi connectivity index (χ1v) is 10.6. The minimum Gasteiger partial charge on any atom is -0.481 e. The zero-order valence-corrected chi connectivity index (χ0v) is 18.6. The van der Waals surface area contributed by atoms with Crippen LogP contribution >= 0.6 is 0 Å². The summed E-state index contributed by atoms with van der Waals surface area (Å²) in [7, 11) is 1.21. The second-order valence-corrected chi connectivity index (χ2v) is 8.28. The van der Waals surface area contributed by atoms with Gasteiger partial charge < -0.3 is 20.1 Å². The SMILES string of the molecule is CC(CN(C)C(=O)CC(NC(=O)OCC1c2ccccc2-c2ccccc21)C(F)(F)F)C(=O)O. The van der Waals surface area contributed by atoms with E-state index in [1.54, 1.807) is 5.32 Å². The molecule has 7 nitrogen and oxygen atoms in total. The molecule has 2 atom stereocenters. The standard InChI is InChI=1S/C24H25F3N2O5/c1-14(22(31)32)12-29(2)21(30)11-20(24(25,26)27)28-23(33)34-13-19-17-9-5-3-7-15(17)16-8-4-6-10-18(16)19/h3-10,14,19-20H,11-13H2,1-2H3,(H,28,33)(H,31,32). The molecule has 0 fully saturated rings. The molecule has 2 N–H and O–H groups in total. The lowest BCUT2D eigenvalue weighted by Crippen LogP contribution is -2.49. The van der Waals surface area contributed by atoms with Crippen molar-refractivity contribution in [1.82, 2.24) is 10.2 Å². The molecule has 0 spiro atoms. The number of fused-ring (bicyclic) bond motifs is 3. The molecule has 0 aromatic heterocycles. The molecular weight excluding hydrogens is 453 g/mol. The molecule has 0 heterocycles. The quantitative estimate of drug-likeness (QED) is 0.598. The number of ether oxygens (including phenoxy) is 1. The fraction of sp³-hybridized carbons (Fsp3) is 0.375. The highest BCUT2D eigenvalue weighted by molar-refractivity contribution is 5.80. The van der Waals surface area contributed by atoms with Crippen LogP contribution in [0.1, 0.15) is 30.4 Å². The number of rotatable bonds is 8. The number of carbonyl (C=O) groups is 3. The highest BCUT2D eigenvalue weighted by Gasteiger charge is 2.43. The van der Waals surface area contributed by atoms with Gasteiger partial charge in [-0.15, -0.1) is 0 Å². The number of amides is 2. The largest absolute Gasteiger partial charge is 0.481 e. The van der Waals surface area contributed by atoms with Crippen molar-refractivity contribution < 1.29 is 37.4 Å². The lowest BCUT2D eigenvalue weighted by molar-refractivity contribution is -0.163. The molecule has 3 rings (SSSR count). The smallest absolute Gasteiger partial charge is 0.409 e. The maximum Gasteiger partial charge on any atom is 0.409 e. The van der Waals surface area contributed by atoms with Gasteiger partial charge in [-0.25, -0.2) is 4.79 Å². The van der Waals surface area contributed by atoms with Crippen molar-refractivity contribution in [1.29, 1.82) is 0 Å². The predicted molar refractivity (Wildman–Crippen MR) is 117 cm³/mol. The number of hydrogen-bond acceptors (Lipinski definition) is 4. The van der Waals surface area contributed by atoms with Crippen LogP contribution in [0.4, 0.5) is 18.0 Å². The molecule has 10 heteroatoms. The number of carboxylic acids is 1. The third-order valence-corrected chi connectivity index (χ3v) is 5.80. The van der Waals surface area contributed by atoms with Crippen molar-refractivity contribution in [3.05, 3.63) is 59.7 Å². The van der Waals surface area contributed by atoms with E-state index >= 15 is 0 Å². The average molecular weight is 478 g/mol. The second kappa shape index (κ2) is 10.1. The van der Waals surface area contributed by atoms with E-state index in [-0.39, 0.29) is 19.1 Å². The number of halogens is 3. The molecule has 0 bridgehead atoms. The van der Waals surface area contributed by atoms with E-state index in [1.165, 1.54) is 14.0 Å². The summed E-state index contributed by atoms with van der Waals surface area (Å²) in [4.78, 5) is 36.3. The van der Waals surface area contributed by atoms with Crippen LogP contribution in [-0.4, -0.2) is 60.4 Å². The molecule has 0 aliphatic heterocycles. The third kappa shape index (κ3) is 5.67. The van der Waals surface area contributed by atoms with Crippen LogP contribution in [0.3, 0.4) is 0 Å². The normalized spacial score (nSPS) is 14.5. The zero-order chi connectivity index (χ0) is 25.0. The van der Waals surface area contributed by atoms with Crippen LogP contribution < -0.4 is 5.32 Å². The number of nitrogens with zero attached hydrogens (tertiary/aromatic N) is 1. The summed E-state index contributed by atoms with van der Waals surface area (Å²) >= 11 is 0. The molecule has 2 aromatic rings. The van der Waals surface area contributed by atoms with Crippen molar-refractivity contribution in [3.63, 3.8) is 0 Å². The summed E-state index contributed by atoms with van der Waals surface area (Å²) < 4.78 is 45.6. The van der Waals surface area contributed by atoms with E-state index in [4.69, 9.17) is 9.84 Å². The maximum atomic E-state index is 13.5. The van der Waals surface area contributed by atoms with Crippen LogP contribution in [-0.2, 0) is 14.3 Å². The molecule has 2 amide bonds. The Morgan fingerprint density at radius 2 is 1.59 bits per heavy atom. The van der Waals surface area contributed by atoms with Crippen molar-refractivity contribution in [3.8, 4) is 11.1 Å². The van der Waals surface area contributed by atoms with Crippen LogP contribution in [0.15, 0.2) is 48.5 Å². The second-order valence-electron chi connectivity index (χ2n) is 8.28. The Labute approximate surface area is 194 Å². The third-order valence-electron chi connectivity index (χ3n) is 5.80. The summed E-state index contributed by atoms with van der Waals surface area (Å²) in [6.07, 6.45) is -7.27. The Morgan fingerprint density at radius 1 is 1.06 bits per heavy atom. The van der Waals surface area contributed by atoms with Gasteiger partial charge in [-0.2, -0.15) is 13.2 Å². The van der Waals surface area contributed by atoms with E-state index in [0.717, 1.165) is 27.2 Å². The molecular formula is C24H25F3N2O5. The summed E-state index contributed by atoms with van der Waals surface area (Å²) in [6, 6.07) is 12.6. The number of benzene rings is 2. The van der Waals surface area contributed by atoms with Gasteiger partial charge in [0.1, 0.15) is 12.6 Å². The minimum atomic E-state index is -4.90. The van der Waals surface area contributed by atoms with Crippen molar-refractivity contribution in [2.75, 3.05) is 20.2 Å². The Kier molecular flexibility index (Phi) is 7.48. The minimum absolute atomic E-state index is 0.172. The Morgan fingerprint density at radius 3 is 2.09 bits per heavy atom. The molecule has 1 aliphatic carbocycles. The molecule has 0 saturated heterocycles. The van der Waals surface area contributed by atoms with Gasteiger partial charge >= 0.3 is 18.2 Å². The van der Waals surface area contributed by atoms with Gasteiger partial charge in [0.2, 0.25) is 5.91 Å². The average Bonchev–Trinajstić information content (AvgIpc) is 3.10. The number of carboxylic acid groups (broad SMARTS) is 1. The predicted octanol–water partition coefficient (Wildman–Crippen LogP) is 4.03. The van der Waals surface area contributed by atoms with Crippen molar-refractivity contribution in [2.45, 2.75) is 31.5 Å². The first-order valence-electron chi connectivity index (χ1n) is 10.6. The van der Waals surface area contributed by atoms with Crippen LogP contribution in [0, 0.1) is 5.92 Å². The number of nitrogens with one attached hydrogen (secondary N) is 1. The maximum absolute atomic E-state index is 13.5. The number of aliphatic carboxylic acids is 1. The number of alkyl halides is 3. The number of hydrogen-bond donors (Lipinski definition) is 2. The van der Waals surface area contributed by atoms with Gasteiger partial charge in [0, 0.05) is 19.5 Å². The summed E-state index contributed by atoms with van der Waals surface area (Å²) in [5.41, 5.74) is 3.77. The fourth-order valence-corrected chi connectivity index (χ4v) is 3.95. The van der Waals surface area contributed by atoms with Crippen molar-refractivity contribution in [2.24, 2.45) is 5.92 Å². The van der Waals surface area contributed by atoms with Gasteiger partial charge in [0.05, 0.1) is 12.3 Å². The summed E-state index contributed by atoms with van der Waals surface area (Å²) in [5, 5.41) is 10.7. The van der Waals surface area contributed by atoms with Crippen LogP contribution in [0.2, 0.25) is 0 Å². The van der Waals surface area contributed by atoms with Crippen LogP contribution in [0.5, 0.6) is 0 Å². The Balaban J connectivity index is 1.64. The Hall–Kier alpha value is -3.56. The lowest BCUT2D eigenvalue weighted by Gasteiger charge is -2.25. The lowest BCUT2D eigenvalue weighted by atomic mass is 9.98. The van der Waals surface area contributed by atoms with E-state index < -0.39 is 42.5 Å². The van der Waals surface area contributed by atoms with E-state index in [0.29, 0.717) is 0 Å². The molecule has 2 aromatic carbocycles. The van der Waals surface area contributed by atoms with Crippen molar-refractivity contribution >= 4 is 18.0 Å². The zero-order valence-electron chi connectivity index (χ0n) is 18.6. The topological polar surface area (TPSA) is 95.9 Å². The first kappa shape index (κ1) is 25.1. The van der Waals surface area contributed by atoms with Gasteiger partial charge in [-0.3, -0.25) is 9.59 Å². The van der Waals surface area contributed by atoms with Gasteiger partial charge in [-0.05, 0) is 22.3 Å². The van der Waals surface area contributed by atoms with E-state index in [2.05, 4.69) is 0 Å². The van der Waals surface area contributed by atoms with E-state index in [1.807, 2.05) is 48.5 Å². The number of alkyl carbamates (subject to hydrolysis) is 1. The molecule has 34 heavy (non-hydrogen) atoms. The summed E-state index contributed by atoms with van der Waals surface area (Å²) in [6.45, 7) is 0.903. The fourth-order valence-electron chi connectivity index (χ4n) is 3.95. The molecule has 1 aliphatic rings.